The highest BCUT2D eigenvalue weighted by Crippen LogP contribution is 2.41. The van der Waals surface area contributed by atoms with Crippen LogP contribution in [0.15, 0.2) is 86.4 Å². The van der Waals surface area contributed by atoms with E-state index in [0.29, 0.717) is 65.4 Å². The summed E-state index contributed by atoms with van der Waals surface area (Å²) in [5.41, 5.74) is 1.34. The highest BCUT2D eigenvalue weighted by molar-refractivity contribution is 7.99. The fraction of sp³-hybridized carbons (Fsp3) is 0.281. The second kappa shape index (κ2) is 14.4. The summed E-state index contributed by atoms with van der Waals surface area (Å²) in [4.78, 5) is 24.0. The molecule has 1 fully saturated rings. The first kappa shape index (κ1) is 33.6. The van der Waals surface area contributed by atoms with E-state index in [2.05, 4.69) is 20.1 Å². The number of carbonyl (C=O) groups is 1. The quantitative estimate of drug-likeness (QED) is 0.111. The van der Waals surface area contributed by atoms with Crippen molar-refractivity contribution in [1.82, 2.24) is 20.0 Å². The van der Waals surface area contributed by atoms with Crippen LogP contribution in [-0.2, 0) is 14.6 Å². The molecule has 17 heteroatoms. The Labute approximate surface area is 285 Å². The number of nitrogens with zero attached hydrogens (tertiary/aromatic N) is 5. The zero-order chi connectivity index (χ0) is 34.5. The molecular formula is C32H32N6O9S2. The predicted molar refractivity (Wildman–Crippen MR) is 177 cm³/mol. The molecule has 0 aliphatic carbocycles. The highest BCUT2D eigenvalue weighted by Gasteiger charge is 2.37. The fourth-order valence-corrected chi connectivity index (χ4v) is 7.37. The molecule has 1 N–H and O–H groups in total. The van der Waals surface area contributed by atoms with E-state index in [-0.39, 0.29) is 21.5 Å². The van der Waals surface area contributed by atoms with Gasteiger partial charge in [-0.3, -0.25) is 9.42 Å². The van der Waals surface area contributed by atoms with E-state index in [9.17, 15) is 18.4 Å². The van der Waals surface area contributed by atoms with Crippen LogP contribution in [0.3, 0.4) is 0 Å². The molecule has 0 bridgehead atoms. The molecular weight excluding hydrogens is 677 g/mol. The Bertz CT molecular complexity index is 2050. The Morgan fingerprint density at radius 1 is 1.00 bits per heavy atom. The molecule has 0 unspecified atom stereocenters. The average Bonchev–Trinajstić information content (AvgIpc) is 3.50. The number of hydrogen-bond acceptors (Lipinski definition) is 14. The maximum Gasteiger partial charge on any atom is 0.415 e. The number of ether oxygens (including phenoxy) is 4. The molecule has 5 aromatic rings. The van der Waals surface area contributed by atoms with Crippen molar-refractivity contribution >= 4 is 49.9 Å². The molecule has 1 aliphatic rings. The molecule has 1 amide bonds. The van der Waals surface area contributed by atoms with Crippen molar-refractivity contribution in [1.29, 1.82) is 0 Å². The van der Waals surface area contributed by atoms with Gasteiger partial charge in [0.15, 0.2) is 16.7 Å². The Hall–Kier alpha value is -5.29. The lowest BCUT2D eigenvalue weighted by Gasteiger charge is -2.31. The molecule has 15 nitrogen and oxygen atoms in total. The van der Waals surface area contributed by atoms with Crippen molar-refractivity contribution in [3.63, 3.8) is 0 Å². The molecule has 0 radical (unpaired) electrons. The molecule has 0 atom stereocenters. The largest absolute Gasteiger partial charge is 0.493 e. The Morgan fingerprint density at radius 3 is 2.35 bits per heavy atom. The second-order valence-electron chi connectivity index (χ2n) is 10.8. The first-order chi connectivity index (χ1) is 23.7. The molecule has 2 aromatic heterocycles. The zero-order valence-corrected chi connectivity index (χ0v) is 28.3. The van der Waals surface area contributed by atoms with Gasteiger partial charge in [0.05, 0.1) is 42.7 Å². The minimum atomic E-state index is -4.24. The first-order valence-electron chi connectivity index (χ1n) is 15.0. The Kier molecular flexibility index (Phi) is 9.91. The molecule has 256 valence electrons. The summed E-state index contributed by atoms with van der Waals surface area (Å²) in [5, 5.41) is 19.6. The molecule has 6 rings (SSSR count). The number of piperidine rings is 1. The second-order valence-corrected chi connectivity index (χ2v) is 13.6. The van der Waals surface area contributed by atoms with E-state index in [1.165, 1.54) is 45.2 Å². The normalized spacial score (nSPS) is 13.7. The van der Waals surface area contributed by atoms with E-state index in [4.69, 9.17) is 23.9 Å². The number of likely N-dealkylation sites (tertiary alicyclic amines) is 1. The van der Waals surface area contributed by atoms with Crippen molar-refractivity contribution < 1.29 is 41.7 Å². The third kappa shape index (κ3) is 7.12. The first-order valence-corrected chi connectivity index (χ1v) is 17.5. The molecule has 3 heterocycles. The van der Waals surface area contributed by atoms with Gasteiger partial charge in [0.25, 0.3) is 9.84 Å². The van der Waals surface area contributed by atoms with Gasteiger partial charge in [-0.15, -0.1) is 0 Å². The third-order valence-corrected chi connectivity index (χ3v) is 10.3. The van der Waals surface area contributed by atoms with Crippen molar-refractivity contribution in [3.05, 3.63) is 71.9 Å². The zero-order valence-electron chi connectivity index (χ0n) is 26.7. The average molecular weight is 709 g/mol. The predicted octanol–water partition coefficient (Wildman–Crippen LogP) is 4.02. The van der Waals surface area contributed by atoms with Crippen LogP contribution in [0.2, 0.25) is 0 Å². The molecule has 1 saturated heterocycles. The van der Waals surface area contributed by atoms with Gasteiger partial charge >= 0.3 is 10.9 Å². The van der Waals surface area contributed by atoms with Gasteiger partial charge in [-0.1, -0.05) is 42.1 Å². The minimum Gasteiger partial charge on any atom is -0.493 e. The lowest BCUT2D eigenvalue weighted by Crippen LogP contribution is -2.42. The van der Waals surface area contributed by atoms with Crippen molar-refractivity contribution in [2.45, 2.75) is 34.0 Å². The third-order valence-electron chi connectivity index (χ3n) is 7.76. The number of benzene rings is 3. The van der Waals surface area contributed by atoms with Crippen LogP contribution in [0.5, 0.6) is 23.1 Å². The van der Waals surface area contributed by atoms with E-state index < -0.39 is 26.8 Å². The summed E-state index contributed by atoms with van der Waals surface area (Å²) >= 11 is 1.21. The number of nitrogens with one attached hydrogen (secondary N) is 1. The summed E-state index contributed by atoms with van der Waals surface area (Å²) in [7, 11) is 0.371. The van der Waals surface area contributed by atoms with E-state index in [0.717, 1.165) is 5.39 Å². The number of hydrogen-bond donors (Lipinski definition) is 1. The van der Waals surface area contributed by atoms with Gasteiger partial charge in [-0.25, -0.2) is 18.4 Å². The van der Waals surface area contributed by atoms with Crippen LogP contribution in [0.1, 0.15) is 12.8 Å². The summed E-state index contributed by atoms with van der Waals surface area (Å²) in [5.74, 6) is 1.51. The van der Waals surface area contributed by atoms with Crippen LogP contribution in [0.25, 0.3) is 10.9 Å². The number of carbonyl (C=O) groups excluding carboxylic acids is 1. The van der Waals surface area contributed by atoms with Gasteiger partial charge in [-0.05, 0) is 29.2 Å². The number of fused-ring (bicyclic) bond motifs is 1. The molecule has 1 aliphatic heterocycles. The maximum absolute atomic E-state index is 13.2. The lowest BCUT2D eigenvalue weighted by atomic mass is 10.1. The number of rotatable bonds is 12. The van der Waals surface area contributed by atoms with Crippen LogP contribution < -0.4 is 29.2 Å². The number of anilines is 2. The van der Waals surface area contributed by atoms with Crippen molar-refractivity contribution in [2.75, 3.05) is 45.5 Å². The molecule has 0 spiro atoms. The Morgan fingerprint density at radius 2 is 1.67 bits per heavy atom. The summed E-state index contributed by atoms with van der Waals surface area (Å²) in [6.45, 7) is 0.707. The number of thioether (sulfide) groups is 1. The lowest BCUT2D eigenvalue weighted by molar-refractivity contribution is -0.832. The van der Waals surface area contributed by atoms with Gasteiger partial charge in [0.1, 0.15) is 11.9 Å². The van der Waals surface area contributed by atoms with Crippen LogP contribution >= 0.6 is 11.8 Å². The van der Waals surface area contributed by atoms with E-state index in [1.54, 1.807) is 35.2 Å². The van der Waals surface area contributed by atoms with Gasteiger partial charge in [0, 0.05) is 49.1 Å². The number of para-hydroxylation sites is 1. The summed E-state index contributed by atoms with van der Waals surface area (Å²) in [6.07, 6.45) is 0.295. The van der Waals surface area contributed by atoms with Gasteiger partial charge < -0.3 is 34.4 Å². The standard InChI is InChI=1S/C32H32N6O9S2/c1-43-25-17-20(18-26(44-2)28(25)45-3)33-29-23-11-7-8-12-24(23)34-32(35-29)48-19-27(39)37-15-13-21(14-16-37)46-30-31(38(40)47-36-30)49(41,42)22-9-5-4-6-10-22/h4-12,17-18,21H,13-16,19H2,1-3H3,(H,33,34,35). The summed E-state index contributed by atoms with van der Waals surface area (Å²) < 4.78 is 53.0. The Balaban J connectivity index is 1.10. The van der Waals surface area contributed by atoms with Crippen LogP contribution in [0.4, 0.5) is 11.5 Å². The van der Waals surface area contributed by atoms with E-state index >= 15 is 0 Å². The minimum absolute atomic E-state index is 0.0897. The van der Waals surface area contributed by atoms with Gasteiger partial charge in [0.2, 0.25) is 11.7 Å². The maximum atomic E-state index is 13.2. The number of methoxy groups -OCH3 is 3. The number of sulfone groups is 1. The molecule has 49 heavy (non-hydrogen) atoms. The fourth-order valence-electron chi connectivity index (χ4n) is 5.33. The van der Waals surface area contributed by atoms with Crippen LogP contribution in [-0.4, -0.2) is 80.6 Å². The van der Waals surface area contributed by atoms with Gasteiger partial charge in [-0.2, -0.15) is 0 Å². The monoisotopic (exact) mass is 708 g/mol. The van der Waals surface area contributed by atoms with Crippen molar-refractivity contribution in [2.24, 2.45) is 0 Å². The van der Waals surface area contributed by atoms with E-state index in [1.807, 2.05) is 24.3 Å². The number of aromatic nitrogens is 4. The smallest absolute Gasteiger partial charge is 0.415 e. The molecule has 3 aromatic carbocycles. The summed E-state index contributed by atoms with van der Waals surface area (Å²) in [6, 6.07) is 18.5. The number of amides is 1. The van der Waals surface area contributed by atoms with Crippen LogP contribution in [0, 0.1) is 5.21 Å². The van der Waals surface area contributed by atoms with Crippen molar-refractivity contribution in [3.8, 4) is 23.1 Å². The highest BCUT2D eigenvalue weighted by atomic mass is 32.2. The topological polar surface area (TPSA) is 182 Å². The molecule has 0 saturated carbocycles. The SMILES string of the molecule is COc1cc(Nc2nc(SCC(=O)N3CCC(Oc4no[n+]([O-])c4S(=O)(=O)c4ccccc4)CC3)nc3ccccc23)cc(OC)c1OC.